The third kappa shape index (κ3) is 5.25. The number of epoxide rings is 2. The first-order chi connectivity index (χ1) is 8.83. The lowest BCUT2D eigenvalue weighted by Crippen LogP contribution is -2.12. The molecule has 3 nitrogen and oxygen atoms in total. The molecule has 1 saturated carbocycles. The number of hydrogen-bond acceptors (Lipinski definition) is 3. The van der Waals surface area contributed by atoms with Gasteiger partial charge in [-0.25, -0.2) is 0 Å². The van der Waals surface area contributed by atoms with E-state index in [1.165, 1.54) is 19.3 Å². The molecule has 2 heterocycles. The van der Waals surface area contributed by atoms with Gasteiger partial charge in [-0.05, 0) is 31.6 Å². The monoisotopic (exact) mass is 254 g/mol. The molecule has 1 aliphatic carbocycles. The second kappa shape index (κ2) is 7.46. The van der Waals surface area contributed by atoms with Crippen molar-refractivity contribution in [2.75, 3.05) is 19.8 Å². The molecule has 2 aliphatic heterocycles. The Morgan fingerprint density at radius 3 is 2.61 bits per heavy atom. The zero-order chi connectivity index (χ0) is 12.8. The molecule has 3 rings (SSSR count). The minimum absolute atomic E-state index is 0.412. The molecule has 0 aromatic rings. The summed E-state index contributed by atoms with van der Waals surface area (Å²) in [6.07, 6.45) is 8.78. The molecule has 0 bridgehead atoms. The molecule has 0 amide bonds. The molecule has 0 aromatic carbocycles. The lowest BCUT2D eigenvalue weighted by molar-refractivity contribution is 0.115. The molecule has 3 fully saturated rings. The number of rotatable bonds is 6. The molecule has 4 unspecified atom stereocenters. The predicted molar refractivity (Wildman–Crippen MR) is 71.1 cm³/mol. The first-order valence-electron chi connectivity index (χ1n) is 7.26. The lowest BCUT2D eigenvalue weighted by Gasteiger charge is -2.15. The third-order valence-corrected chi connectivity index (χ3v) is 3.77. The molecule has 3 heteroatoms. The highest BCUT2D eigenvalue weighted by molar-refractivity contribution is 4.91. The summed E-state index contributed by atoms with van der Waals surface area (Å²) in [7, 11) is 0. The van der Waals surface area contributed by atoms with Crippen molar-refractivity contribution in [3.8, 4) is 0 Å². The van der Waals surface area contributed by atoms with Crippen molar-refractivity contribution in [2.24, 2.45) is 5.92 Å². The Balaban J connectivity index is 0.000000134. The summed E-state index contributed by atoms with van der Waals surface area (Å²) in [5.74, 6) is 0.869. The van der Waals surface area contributed by atoms with Gasteiger partial charge < -0.3 is 14.2 Å². The molecule has 18 heavy (non-hydrogen) atoms. The van der Waals surface area contributed by atoms with Gasteiger partial charge in [-0.2, -0.15) is 0 Å². The van der Waals surface area contributed by atoms with Gasteiger partial charge in [0, 0.05) is 6.61 Å². The smallest absolute Gasteiger partial charge is 0.104 e. The molecule has 2 radical (unpaired) electrons. The maximum absolute atomic E-state index is 5.38. The molecule has 2 saturated heterocycles. The second-order valence-corrected chi connectivity index (χ2v) is 5.42. The van der Waals surface area contributed by atoms with E-state index < -0.39 is 0 Å². The standard InChI is InChI=1S/C8H13O.C7H13O2/c1-2-6-3-4-7-8(5-6)9-7;1-2-3-4-8-5-7-6-9-7/h6-8H,1-5H2;7H,1-6H2. The first-order valence-corrected chi connectivity index (χ1v) is 7.26. The molecule has 0 spiro atoms. The maximum atomic E-state index is 5.38. The summed E-state index contributed by atoms with van der Waals surface area (Å²) in [6, 6.07) is 0. The maximum Gasteiger partial charge on any atom is 0.104 e. The van der Waals surface area contributed by atoms with Crippen molar-refractivity contribution < 1.29 is 14.2 Å². The van der Waals surface area contributed by atoms with Crippen molar-refractivity contribution >= 4 is 0 Å². The van der Waals surface area contributed by atoms with E-state index >= 15 is 0 Å². The van der Waals surface area contributed by atoms with Crippen molar-refractivity contribution in [2.45, 2.75) is 56.8 Å². The highest BCUT2D eigenvalue weighted by Gasteiger charge is 2.43. The number of hydrogen-bond donors (Lipinski definition) is 0. The fourth-order valence-corrected chi connectivity index (χ4v) is 2.33. The van der Waals surface area contributed by atoms with Crippen molar-refractivity contribution in [1.29, 1.82) is 0 Å². The molecule has 0 N–H and O–H groups in total. The normalized spacial score (nSPS) is 36.3. The highest BCUT2D eigenvalue weighted by atomic mass is 16.6. The zero-order valence-corrected chi connectivity index (χ0v) is 11.3. The summed E-state index contributed by atoms with van der Waals surface area (Å²) >= 11 is 0. The number of fused-ring (bicyclic) bond motifs is 1. The zero-order valence-electron chi connectivity index (χ0n) is 11.3. The van der Waals surface area contributed by atoms with Crippen LogP contribution in [0.4, 0.5) is 0 Å². The summed E-state index contributed by atoms with van der Waals surface area (Å²) in [6.45, 7) is 10.1. The van der Waals surface area contributed by atoms with Crippen LogP contribution in [-0.4, -0.2) is 38.1 Å². The highest BCUT2D eigenvalue weighted by Crippen LogP contribution is 2.40. The fourth-order valence-electron chi connectivity index (χ4n) is 2.33. The van der Waals surface area contributed by atoms with Gasteiger partial charge in [-0.15, -0.1) is 0 Å². The summed E-state index contributed by atoms with van der Waals surface area (Å²) in [5, 5.41) is 0. The summed E-state index contributed by atoms with van der Waals surface area (Å²) < 4.78 is 15.6. The van der Waals surface area contributed by atoms with Gasteiger partial charge in [0.1, 0.15) is 6.10 Å². The van der Waals surface area contributed by atoms with E-state index in [0.29, 0.717) is 18.3 Å². The van der Waals surface area contributed by atoms with Crippen LogP contribution in [0.15, 0.2) is 0 Å². The van der Waals surface area contributed by atoms with Gasteiger partial charge in [0.25, 0.3) is 0 Å². The van der Waals surface area contributed by atoms with E-state index in [4.69, 9.17) is 14.2 Å². The van der Waals surface area contributed by atoms with Crippen LogP contribution in [0.2, 0.25) is 0 Å². The molecular weight excluding hydrogens is 228 g/mol. The van der Waals surface area contributed by atoms with Crippen LogP contribution in [0, 0.1) is 19.8 Å². The average molecular weight is 254 g/mol. The van der Waals surface area contributed by atoms with Crippen LogP contribution in [-0.2, 0) is 14.2 Å². The number of unbranched alkanes of at least 4 members (excludes halogenated alkanes) is 1. The lowest BCUT2D eigenvalue weighted by atomic mass is 9.88. The molecule has 4 atom stereocenters. The van der Waals surface area contributed by atoms with E-state index in [1.54, 1.807) is 0 Å². The molecular formula is C15H26O3. The Hall–Kier alpha value is -0.120. The van der Waals surface area contributed by atoms with Gasteiger partial charge in [-0.1, -0.05) is 26.7 Å². The van der Waals surface area contributed by atoms with Crippen LogP contribution in [0.25, 0.3) is 0 Å². The van der Waals surface area contributed by atoms with Crippen molar-refractivity contribution in [1.82, 2.24) is 0 Å². The second-order valence-electron chi connectivity index (χ2n) is 5.42. The van der Waals surface area contributed by atoms with Crippen LogP contribution in [0.5, 0.6) is 0 Å². The van der Waals surface area contributed by atoms with Crippen molar-refractivity contribution in [3.63, 3.8) is 0 Å². The topological polar surface area (TPSA) is 34.3 Å². The largest absolute Gasteiger partial charge is 0.379 e. The van der Waals surface area contributed by atoms with Crippen LogP contribution < -0.4 is 0 Å². The Morgan fingerprint density at radius 1 is 1.17 bits per heavy atom. The Bertz CT molecular complexity index is 228. The first kappa shape index (κ1) is 14.3. The molecule has 0 aromatic heterocycles. The van der Waals surface area contributed by atoms with Gasteiger partial charge in [0.2, 0.25) is 0 Å². The van der Waals surface area contributed by atoms with Crippen molar-refractivity contribution in [3.05, 3.63) is 13.8 Å². The average Bonchev–Trinajstić information content (AvgIpc) is 3.28. The molecule has 104 valence electrons. The van der Waals surface area contributed by atoms with E-state index in [1.807, 2.05) is 0 Å². The van der Waals surface area contributed by atoms with E-state index in [9.17, 15) is 0 Å². The number of ether oxygens (including phenoxy) is 3. The Labute approximate surface area is 111 Å². The third-order valence-electron chi connectivity index (χ3n) is 3.77. The van der Waals surface area contributed by atoms with Gasteiger partial charge in [0.05, 0.1) is 25.4 Å². The Morgan fingerprint density at radius 2 is 2.00 bits per heavy atom. The van der Waals surface area contributed by atoms with E-state index in [-0.39, 0.29) is 0 Å². The molecule has 3 aliphatic rings. The minimum Gasteiger partial charge on any atom is -0.379 e. The fraction of sp³-hybridized carbons (Fsp3) is 0.867. The minimum atomic E-state index is 0.412. The SMILES string of the molecule is [CH2]CC1CCC2OC2C1.[CH2]CCCOCC1CO1. The predicted octanol–water partition coefficient (Wildman–Crippen LogP) is 2.79. The quantitative estimate of drug-likeness (QED) is 0.540. The van der Waals surface area contributed by atoms with Gasteiger partial charge >= 0.3 is 0 Å². The summed E-state index contributed by atoms with van der Waals surface area (Å²) in [5.41, 5.74) is 0. The van der Waals surface area contributed by atoms with Crippen LogP contribution >= 0.6 is 0 Å². The van der Waals surface area contributed by atoms with E-state index in [2.05, 4.69) is 13.8 Å². The van der Waals surface area contributed by atoms with Crippen LogP contribution in [0.3, 0.4) is 0 Å². The Kier molecular flexibility index (Phi) is 5.93. The van der Waals surface area contributed by atoms with E-state index in [0.717, 1.165) is 45.0 Å². The van der Waals surface area contributed by atoms with Gasteiger partial charge in [-0.3, -0.25) is 0 Å². The summed E-state index contributed by atoms with van der Waals surface area (Å²) in [4.78, 5) is 0. The van der Waals surface area contributed by atoms with Crippen LogP contribution in [0.1, 0.15) is 38.5 Å². The van der Waals surface area contributed by atoms with Gasteiger partial charge in [0.15, 0.2) is 0 Å².